The van der Waals surface area contributed by atoms with Gasteiger partial charge in [-0.05, 0) is 42.7 Å². The number of nitrogens with one attached hydrogen (secondary N) is 2. The van der Waals surface area contributed by atoms with Crippen LogP contribution in [0.5, 0.6) is 0 Å². The van der Waals surface area contributed by atoms with Crippen molar-refractivity contribution in [3.8, 4) is 0 Å². The second-order valence-corrected chi connectivity index (χ2v) is 7.37. The minimum atomic E-state index is -0.483. The van der Waals surface area contributed by atoms with E-state index in [0.717, 1.165) is 15.7 Å². The van der Waals surface area contributed by atoms with Gasteiger partial charge in [-0.25, -0.2) is 4.79 Å². The molecule has 1 heterocycles. The average Bonchev–Trinajstić information content (AvgIpc) is 2.80. The van der Waals surface area contributed by atoms with E-state index in [1.54, 1.807) is 25.1 Å². The molecule has 1 atom stereocenters. The predicted molar refractivity (Wildman–Crippen MR) is 121 cm³/mol. The third kappa shape index (κ3) is 4.33. The van der Waals surface area contributed by atoms with Crippen LogP contribution < -0.4 is 16.6 Å². The number of aromatic amines is 1. The van der Waals surface area contributed by atoms with Crippen molar-refractivity contribution in [2.24, 2.45) is 0 Å². The highest BCUT2D eigenvalue weighted by molar-refractivity contribution is 5.97. The lowest BCUT2D eigenvalue weighted by Crippen LogP contribution is -2.34. The van der Waals surface area contributed by atoms with Gasteiger partial charge in [-0.1, -0.05) is 60.7 Å². The number of fused-ring (bicyclic) bond motifs is 1. The second-order valence-electron chi connectivity index (χ2n) is 7.37. The van der Waals surface area contributed by atoms with Crippen molar-refractivity contribution in [2.75, 3.05) is 0 Å². The summed E-state index contributed by atoms with van der Waals surface area (Å²) in [5, 5.41) is 3.48. The standard InChI is InChI=1S/C25H23N3O3/c1-2-28-24(30)20-14-13-19(16-22(20)27-25(28)31)23(29)26-21(18-11-7-4-8-12-18)15-17-9-5-3-6-10-17/h3-14,16,21H,2,15H2,1H3,(H,26,29)(H,27,31). The van der Waals surface area contributed by atoms with Crippen LogP contribution in [0.4, 0.5) is 0 Å². The first-order valence-corrected chi connectivity index (χ1v) is 10.2. The molecule has 1 unspecified atom stereocenters. The minimum absolute atomic E-state index is 0.223. The third-order valence-electron chi connectivity index (χ3n) is 5.35. The molecule has 1 aromatic heterocycles. The summed E-state index contributed by atoms with van der Waals surface area (Å²) in [6, 6.07) is 24.3. The Morgan fingerprint density at radius 3 is 2.32 bits per heavy atom. The number of carbonyl (C=O) groups excluding carboxylic acids is 1. The largest absolute Gasteiger partial charge is 0.345 e. The molecule has 0 bridgehead atoms. The van der Waals surface area contributed by atoms with Gasteiger partial charge >= 0.3 is 5.69 Å². The van der Waals surface area contributed by atoms with Crippen molar-refractivity contribution in [3.63, 3.8) is 0 Å². The predicted octanol–water partition coefficient (Wildman–Crippen LogP) is 3.42. The number of hydrogen-bond donors (Lipinski definition) is 2. The zero-order chi connectivity index (χ0) is 21.8. The molecule has 1 amide bonds. The Bertz CT molecular complexity index is 1330. The van der Waals surface area contributed by atoms with E-state index in [-0.39, 0.29) is 24.1 Å². The second kappa shape index (κ2) is 8.83. The molecule has 0 aliphatic carbocycles. The van der Waals surface area contributed by atoms with Gasteiger partial charge in [-0.3, -0.25) is 14.2 Å². The van der Waals surface area contributed by atoms with E-state index in [0.29, 0.717) is 22.9 Å². The van der Waals surface area contributed by atoms with Crippen LogP contribution in [0.3, 0.4) is 0 Å². The van der Waals surface area contributed by atoms with Crippen molar-refractivity contribution < 1.29 is 4.79 Å². The minimum Gasteiger partial charge on any atom is -0.345 e. The summed E-state index contributed by atoms with van der Waals surface area (Å²) in [6.45, 7) is 2.02. The van der Waals surface area contributed by atoms with Crippen LogP contribution in [0, 0.1) is 0 Å². The third-order valence-corrected chi connectivity index (χ3v) is 5.35. The molecule has 2 N–H and O–H groups in total. The van der Waals surface area contributed by atoms with E-state index in [1.165, 1.54) is 0 Å². The Morgan fingerprint density at radius 2 is 1.65 bits per heavy atom. The van der Waals surface area contributed by atoms with Crippen molar-refractivity contribution in [2.45, 2.75) is 25.9 Å². The van der Waals surface area contributed by atoms with Crippen LogP contribution in [0.1, 0.15) is 34.5 Å². The van der Waals surface area contributed by atoms with Crippen LogP contribution in [-0.2, 0) is 13.0 Å². The molecule has 0 fully saturated rings. The van der Waals surface area contributed by atoms with Crippen LogP contribution in [0.2, 0.25) is 0 Å². The van der Waals surface area contributed by atoms with Crippen molar-refractivity contribution in [1.29, 1.82) is 0 Å². The lowest BCUT2D eigenvalue weighted by molar-refractivity contribution is 0.0936. The van der Waals surface area contributed by atoms with E-state index < -0.39 is 5.69 Å². The lowest BCUT2D eigenvalue weighted by atomic mass is 9.98. The van der Waals surface area contributed by atoms with Crippen molar-refractivity contribution in [3.05, 3.63) is 116 Å². The molecule has 3 aromatic carbocycles. The first-order valence-electron chi connectivity index (χ1n) is 10.2. The van der Waals surface area contributed by atoms with E-state index in [4.69, 9.17) is 0 Å². The molecule has 0 aliphatic heterocycles. The Morgan fingerprint density at radius 1 is 0.968 bits per heavy atom. The maximum Gasteiger partial charge on any atom is 0.328 e. The Hall–Kier alpha value is -3.93. The molecule has 0 spiro atoms. The van der Waals surface area contributed by atoms with Gasteiger partial charge < -0.3 is 10.3 Å². The fourth-order valence-corrected chi connectivity index (χ4v) is 3.71. The first-order chi connectivity index (χ1) is 15.1. The number of hydrogen-bond acceptors (Lipinski definition) is 3. The van der Waals surface area contributed by atoms with Crippen LogP contribution in [0.15, 0.2) is 88.5 Å². The van der Waals surface area contributed by atoms with E-state index in [2.05, 4.69) is 10.3 Å². The van der Waals surface area contributed by atoms with Gasteiger partial charge in [0.2, 0.25) is 0 Å². The maximum atomic E-state index is 13.1. The molecule has 4 rings (SSSR count). The van der Waals surface area contributed by atoms with Crippen LogP contribution in [-0.4, -0.2) is 15.5 Å². The number of amides is 1. The smallest absolute Gasteiger partial charge is 0.328 e. The van der Waals surface area contributed by atoms with Gasteiger partial charge in [0.05, 0.1) is 16.9 Å². The Kier molecular flexibility index (Phi) is 5.80. The van der Waals surface area contributed by atoms with E-state index >= 15 is 0 Å². The molecule has 4 aromatic rings. The summed E-state index contributed by atoms with van der Waals surface area (Å²) in [6.07, 6.45) is 0.641. The molecule has 6 heteroatoms. The highest BCUT2D eigenvalue weighted by Gasteiger charge is 2.17. The molecule has 6 nitrogen and oxygen atoms in total. The summed E-state index contributed by atoms with van der Waals surface area (Å²) >= 11 is 0. The zero-order valence-corrected chi connectivity index (χ0v) is 17.2. The fraction of sp³-hybridized carbons (Fsp3) is 0.160. The van der Waals surface area contributed by atoms with Gasteiger partial charge in [0.25, 0.3) is 11.5 Å². The summed E-state index contributed by atoms with van der Waals surface area (Å²) in [7, 11) is 0. The number of H-pyrrole nitrogens is 1. The highest BCUT2D eigenvalue weighted by Crippen LogP contribution is 2.20. The van der Waals surface area contributed by atoms with Crippen molar-refractivity contribution >= 4 is 16.8 Å². The Labute approximate surface area is 179 Å². The van der Waals surface area contributed by atoms with E-state index in [9.17, 15) is 14.4 Å². The molecule has 0 saturated carbocycles. The van der Waals surface area contributed by atoms with Gasteiger partial charge in [-0.2, -0.15) is 0 Å². The molecule has 0 aliphatic rings. The average molecular weight is 413 g/mol. The highest BCUT2D eigenvalue weighted by atomic mass is 16.2. The molecule has 31 heavy (non-hydrogen) atoms. The number of aromatic nitrogens is 2. The quantitative estimate of drug-likeness (QED) is 0.508. The molecular weight excluding hydrogens is 390 g/mol. The lowest BCUT2D eigenvalue weighted by Gasteiger charge is -2.20. The molecule has 0 saturated heterocycles. The van der Waals surface area contributed by atoms with Gasteiger partial charge in [-0.15, -0.1) is 0 Å². The van der Waals surface area contributed by atoms with Crippen LogP contribution >= 0.6 is 0 Å². The number of carbonyl (C=O) groups is 1. The van der Waals surface area contributed by atoms with Gasteiger partial charge in [0.15, 0.2) is 0 Å². The summed E-state index contributed by atoms with van der Waals surface area (Å²) < 4.78 is 1.13. The normalized spacial score (nSPS) is 11.9. The topological polar surface area (TPSA) is 84.0 Å². The number of rotatable bonds is 6. The Balaban J connectivity index is 1.66. The summed E-state index contributed by atoms with van der Waals surface area (Å²) in [4.78, 5) is 40.4. The summed E-state index contributed by atoms with van der Waals surface area (Å²) in [5.41, 5.74) is 2.00. The molecule has 0 radical (unpaired) electrons. The summed E-state index contributed by atoms with van der Waals surface area (Å²) in [5.74, 6) is -0.271. The van der Waals surface area contributed by atoms with Crippen LogP contribution in [0.25, 0.3) is 10.9 Å². The molecular formula is C25H23N3O3. The SMILES string of the molecule is CCn1c(=O)[nH]c2cc(C(=O)NC(Cc3ccccc3)c3ccccc3)ccc2c1=O. The van der Waals surface area contributed by atoms with E-state index in [1.807, 2.05) is 60.7 Å². The van der Waals surface area contributed by atoms with Gasteiger partial charge in [0.1, 0.15) is 0 Å². The fourth-order valence-electron chi connectivity index (χ4n) is 3.71. The monoisotopic (exact) mass is 413 g/mol. The van der Waals surface area contributed by atoms with Crippen molar-refractivity contribution in [1.82, 2.24) is 14.9 Å². The first kappa shape index (κ1) is 20.3. The number of benzene rings is 3. The molecule has 156 valence electrons. The zero-order valence-electron chi connectivity index (χ0n) is 17.2. The maximum absolute atomic E-state index is 13.1. The number of nitrogens with zero attached hydrogens (tertiary/aromatic N) is 1. The van der Waals surface area contributed by atoms with Gasteiger partial charge in [0, 0.05) is 12.1 Å².